The highest BCUT2D eigenvalue weighted by atomic mass is 16.5. The van der Waals surface area contributed by atoms with Crippen LogP contribution in [-0.4, -0.2) is 26.3 Å². The Labute approximate surface area is 94.8 Å². The molecule has 0 aromatic carbocycles. The van der Waals surface area contributed by atoms with Gasteiger partial charge in [0.1, 0.15) is 0 Å². The third kappa shape index (κ3) is 6.91. The lowest BCUT2D eigenvalue weighted by Gasteiger charge is -2.16. The molecule has 0 bridgehead atoms. The lowest BCUT2D eigenvalue weighted by molar-refractivity contribution is 0.0877. The Hall–Kier alpha value is -0.0800. The minimum absolute atomic E-state index is 0.722. The van der Waals surface area contributed by atoms with Crippen LogP contribution >= 0.6 is 0 Å². The van der Waals surface area contributed by atoms with Gasteiger partial charge in [0.2, 0.25) is 0 Å². The number of nitrogens with one attached hydrogen (secondary N) is 1. The van der Waals surface area contributed by atoms with Crippen molar-refractivity contribution in [1.29, 1.82) is 0 Å². The van der Waals surface area contributed by atoms with Gasteiger partial charge < -0.3 is 10.1 Å². The summed E-state index contributed by atoms with van der Waals surface area (Å²) in [7, 11) is 0. The van der Waals surface area contributed by atoms with Crippen LogP contribution in [0.4, 0.5) is 0 Å². The first-order chi connectivity index (χ1) is 7.36. The third-order valence-corrected chi connectivity index (χ3v) is 2.96. The molecular formula is C13H27NO. The minimum atomic E-state index is 0.722. The van der Waals surface area contributed by atoms with E-state index in [4.69, 9.17) is 4.74 Å². The van der Waals surface area contributed by atoms with Crippen LogP contribution in [0.15, 0.2) is 0 Å². The fourth-order valence-electron chi connectivity index (χ4n) is 1.82. The number of hydrogen-bond acceptors (Lipinski definition) is 2. The highest BCUT2D eigenvalue weighted by Gasteiger charge is 2.21. The van der Waals surface area contributed by atoms with E-state index < -0.39 is 0 Å². The van der Waals surface area contributed by atoms with Crippen molar-refractivity contribution in [3.63, 3.8) is 0 Å². The zero-order chi connectivity index (χ0) is 10.9. The van der Waals surface area contributed by atoms with Gasteiger partial charge in [-0.25, -0.2) is 0 Å². The summed E-state index contributed by atoms with van der Waals surface area (Å²) in [5.41, 5.74) is 0. The summed E-state index contributed by atoms with van der Waals surface area (Å²) in [6.07, 6.45) is 6.58. The molecule has 2 nitrogen and oxygen atoms in total. The molecule has 0 heterocycles. The maximum Gasteiger partial charge on any atom is 0.0506 e. The summed E-state index contributed by atoms with van der Waals surface area (Å²) in [6.45, 7) is 8.71. The van der Waals surface area contributed by atoms with Crippen LogP contribution in [0.2, 0.25) is 0 Å². The van der Waals surface area contributed by atoms with Crippen molar-refractivity contribution in [1.82, 2.24) is 5.32 Å². The highest BCUT2D eigenvalue weighted by Crippen LogP contribution is 2.28. The summed E-state index contributed by atoms with van der Waals surface area (Å²) < 4.78 is 5.76. The molecule has 1 N–H and O–H groups in total. The third-order valence-electron chi connectivity index (χ3n) is 2.96. The van der Waals surface area contributed by atoms with E-state index in [1.807, 2.05) is 0 Å². The summed E-state index contributed by atoms with van der Waals surface area (Å²) in [6, 6.07) is 0. The van der Waals surface area contributed by atoms with Gasteiger partial charge in [0, 0.05) is 13.2 Å². The second-order valence-electron chi connectivity index (χ2n) is 4.84. The van der Waals surface area contributed by atoms with Crippen molar-refractivity contribution in [3.05, 3.63) is 0 Å². The molecule has 90 valence electrons. The van der Waals surface area contributed by atoms with Crippen molar-refractivity contribution in [2.45, 2.75) is 46.0 Å². The zero-order valence-corrected chi connectivity index (χ0v) is 10.4. The van der Waals surface area contributed by atoms with Crippen molar-refractivity contribution >= 4 is 0 Å². The van der Waals surface area contributed by atoms with Crippen molar-refractivity contribution in [3.8, 4) is 0 Å². The van der Waals surface area contributed by atoms with Gasteiger partial charge in [-0.05, 0) is 44.1 Å². The summed E-state index contributed by atoms with van der Waals surface area (Å²) in [5, 5.41) is 3.49. The van der Waals surface area contributed by atoms with E-state index in [0.29, 0.717) is 0 Å². The molecule has 0 spiro atoms. The van der Waals surface area contributed by atoms with Gasteiger partial charge >= 0.3 is 0 Å². The molecular weight excluding hydrogens is 186 g/mol. The minimum Gasteiger partial charge on any atom is -0.381 e. The summed E-state index contributed by atoms with van der Waals surface area (Å²) in [4.78, 5) is 0. The Balaban J connectivity index is 1.99. The van der Waals surface area contributed by atoms with Crippen LogP contribution in [0.25, 0.3) is 0 Å². The van der Waals surface area contributed by atoms with Crippen LogP contribution in [0, 0.1) is 11.8 Å². The first-order valence-corrected chi connectivity index (χ1v) is 6.65. The molecule has 0 aromatic rings. The molecule has 1 aliphatic rings. The predicted octanol–water partition coefficient (Wildman–Crippen LogP) is 2.83. The molecule has 1 atom stereocenters. The van der Waals surface area contributed by atoms with E-state index in [0.717, 1.165) is 38.1 Å². The Kier molecular flexibility index (Phi) is 7.03. The largest absolute Gasteiger partial charge is 0.381 e. The molecule has 1 unspecified atom stereocenters. The van der Waals surface area contributed by atoms with Gasteiger partial charge in [0.25, 0.3) is 0 Å². The lowest BCUT2D eigenvalue weighted by atomic mass is 10.1. The number of ether oxygens (including phenoxy) is 1. The van der Waals surface area contributed by atoms with Gasteiger partial charge in [0.05, 0.1) is 6.61 Å². The average Bonchev–Trinajstić information content (AvgIpc) is 3.02. The van der Waals surface area contributed by atoms with Crippen LogP contribution < -0.4 is 5.32 Å². The number of hydrogen-bond donors (Lipinski definition) is 1. The van der Waals surface area contributed by atoms with E-state index in [9.17, 15) is 0 Å². The van der Waals surface area contributed by atoms with Gasteiger partial charge in [-0.15, -0.1) is 0 Å². The van der Waals surface area contributed by atoms with E-state index in [1.165, 1.54) is 32.1 Å². The Morgan fingerprint density at radius 1 is 1.27 bits per heavy atom. The molecule has 1 saturated carbocycles. The Bertz CT molecular complexity index is 145. The fourth-order valence-corrected chi connectivity index (χ4v) is 1.82. The SMILES string of the molecule is CCCNCC(CCC)COCC1CC1. The van der Waals surface area contributed by atoms with Crippen molar-refractivity contribution < 1.29 is 4.74 Å². The van der Waals surface area contributed by atoms with Gasteiger partial charge in [0.15, 0.2) is 0 Å². The standard InChI is InChI=1S/C13H27NO/c1-3-5-13(9-14-8-4-2)11-15-10-12-6-7-12/h12-14H,3-11H2,1-2H3. The molecule has 1 fully saturated rings. The average molecular weight is 213 g/mol. The van der Waals surface area contributed by atoms with Gasteiger partial charge in [-0.2, -0.15) is 0 Å². The van der Waals surface area contributed by atoms with Crippen LogP contribution in [0.1, 0.15) is 46.0 Å². The first kappa shape index (κ1) is 13.0. The fraction of sp³-hybridized carbons (Fsp3) is 1.00. The molecule has 2 heteroatoms. The second kappa shape index (κ2) is 8.12. The summed E-state index contributed by atoms with van der Waals surface area (Å²) >= 11 is 0. The predicted molar refractivity (Wildman–Crippen MR) is 65.1 cm³/mol. The van der Waals surface area contributed by atoms with Crippen LogP contribution in [0.5, 0.6) is 0 Å². The van der Waals surface area contributed by atoms with Gasteiger partial charge in [-0.1, -0.05) is 20.3 Å². The van der Waals surface area contributed by atoms with Crippen molar-refractivity contribution in [2.75, 3.05) is 26.3 Å². The normalized spacial score (nSPS) is 18.0. The van der Waals surface area contributed by atoms with Crippen LogP contribution in [-0.2, 0) is 4.74 Å². The van der Waals surface area contributed by atoms with Crippen LogP contribution in [0.3, 0.4) is 0 Å². The van der Waals surface area contributed by atoms with Crippen molar-refractivity contribution in [2.24, 2.45) is 11.8 Å². The molecule has 0 aliphatic heterocycles. The molecule has 15 heavy (non-hydrogen) atoms. The molecule has 1 rings (SSSR count). The molecule has 1 aliphatic carbocycles. The molecule has 0 aromatic heterocycles. The smallest absolute Gasteiger partial charge is 0.0506 e. The zero-order valence-electron chi connectivity index (χ0n) is 10.4. The molecule has 0 radical (unpaired) electrons. The second-order valence-corrected chi connectivity index (χ2v) is 4.84. The molecule has 0 amide bonds. The summed E-state index contributed by atoms with van der Waals surface area (Å²) in [5.74, 6) is 1.62. The first-order valence-electron chi connectivity index (χ1n) is 6.65. The maximum atomic E-state index is 5.76. The Morgan fingerprint density at radius 3 is 2.67 bits per heavy atom. The van der Waals surface area contributed by atoms with E-state index in [-0.39, 0.29) is 0 Å². The van der Waals surface area contributed by atoms with E-state index in [2.05, 4.69) is 19.2 Å². The monoisotopic (exact) mass is 213 g/mol. The van der Waals surface area contributed by atoms with E-state index >= 15 is 0 Å². The topological polar surface area (TPSA) is 21.3 Å². The maximum absolute atomic E-state index is 5.76. The Morgan fingerprint density at radius 2 is 2.07 bits per heavy atom. The lowest BCUT2D eigenvalue weighted by Crippen LogP contribution is -2.27. The quantitative estimate of drug-likeness (QED) is 0.563. The van der Waals surface area contributed by atoms with Gasteiger partial charge in [-0.3, -0.25) is 0 Å². The van der Waals surface area contributed by atoms with E-state index in [1.54, 1.807) is 0 Å². The molecule has 0 saturated heterocycles. The number of rotatable bonds is 10. The highest BCUT2D eigenvalue weighted by molar-refractivity contribution is 4.72.